The zero-order valence-electron chi connectivity index (χ0n) is 14.6. The van der Waals surface area contributed by atoms with E-state index in [-0.39, 0.29) is 12.0 Å². The Morgan fingerprint density at radius 2 is 1.96 bits per heavy atom. The van der Waals surface area contributed by atoms with Crippen molar-refractivity contribution in [3.05, 3.63) is 53.6 Å². The number of hydrogen-bond acceptors (Lipinski definition) is 6. The summed E-state index contributed by atoms with van der Waals surface area (Å²) in [5, 5.41) is 11.3. The van der Waals surface area contributed by atoms with E-state index in [0.29, 0.717) is 12.2 Å². The second kappa shape index (κ2) is 8.86. The van der Waals surface area contributed by atoms with Crippen molar-refractivity contribution in [1.29, 1.82) is 0 Å². The van der Waals surface area contributed by atoms with Gasteiger partial charge >= 0.3 is 5.97 Å². The summed E-state index contributed by atoms with van der Waals surface area (Å²) in [5.74, 6) is -3.86. The van der Waals surface area contributed by atoms with Gasteiger partial charge in [-0.05, 0) is 12.5 Å². The number of carbonyl (C=O) groups is 4. The fraction of sp³-hybridized carbons (Fsp3) is 0.278. The van der Waals surface area contributed by atoms with Crippen LogP contribution in [0.3, 0.4) is 0 Å². The van der Waals surface area contributed by atoms with Gasteiger partial charge in [0.15, 0.2) is 5.78 Å². The second-order valence-corrected chi connectivity index (χ2v) is 6.02. The van der Waals surface area contributed by atoms with E-state index < -0.39 is 35.7 Å². The maximum atomic E-state index is 12.3. The molecule has 5 N–H and O–H groups in total. The van der Waals surface area contributed by atoms with Crippen LogP contribution in [0, 0.1) is 5.92 Å². The molecule has 0 fully saturated rings. The Hall–Kier alpha value is -3.33. The van der Waals surface area contributed by atoms with Gasteiger partial charge in [-0.15, -0.1) is 0 Å². The molecule has 1 aromatic heterocycles. The topological polar surface area (TPSA) is 155 Å². The number of amides is 1. The molecule has 2 aromatic rings. The molecule has 0 saturated heterocycles. The Kier molecular flexibility index (Phi) is 6.56. The summed E-state index contributed by atoms with van der Waals surface area (Å²) in [7, 11) is 0. The molecule has 2 rings (SSSR count). The molecule has 0 radical (unpaired) electrons. The lowest BCUT2D eigenvalue weighted by Gasteiger charge is -2.18. The Morgan fingerprint density at radius 1 is 1.30 bits per heavy atom. The maximum Gasteiger partial charge on any atom is 0.321 e. The number of imidazole rings is 1. The zero-order chi connectivity index (χ0) is 20.0. The molecule has 27 heavy (non-hydrogen) atoms. The third kappa shape index (κ3) is 5.08. The molecule has 1 aromatic carbocycles. The smallest absolute Gasteiger partial charge is 0.321 e. The van der Waals surface area contributed by atoms with Crippen LogP contribution in [-0.4, -0.2) is 51.1 Å². The number of H-pyrrole nitrogens is 1. The molecule has 1 heterocycles. The van der Waals surface area contributed by atoms with Gasteiger partial charge in [0, 0.05) is 12.6 Å². The van der Waals surface area contributed by atoms with Gasteiger partial charge in [0.25, 0.3) is 5.91 Å². The van der Waals surface area contributed by atoms with Crippen LogP contribution in [0.15, 0.2) is 36.5 Å². The minimum Gasteiger partial charge on any atom is -0.480 e. The van der Waals surface area contributed by atoms with Crippen LogP contribution in [0.25, 0.3) is 0 Å². The highest BCUT2D eigenvalue weighted by molar-refractivity contribution is 6.03. The lowest BCUT2D eigenvalue weighted by molar-refractivity contribution is -0.144. The number of carboxylic acid groups (broad SMARTS) is 1. The van der Waals surface area contributed by atoms with Crippen LogP contribution < -0.4 is 11.1 Å². The third-order valence-corrected chi connectivity index (χ3v) is 4.00. The lowest BCUT2D eigenvalue weighted by atomic mass is 9.93. The highest BCUT2D eigenvalue weighted by atomic mass is 16.4. The number of aldehydes is 1. The van der Waals surface area contributed by atoms with E-state index in [1.165, 1.54) is 13.1 Å². The number of nitrogens with one attached hydrogen (secondary N) is 2. The van der Waals surface area contributed by atoms with Crippen molar-refractivity contribution in [1.82, 2.24) is 15.3 Å². The van der Waals surface area contributed by atoms with Crippen molar-refractivity contribution in [2.75, 3.05) is 0 Å². The molecular weight excluding hydrogens is 352 g/mol. The minimum absolute atomic E-state index is 0.0748. The summed E-state index contributed by atoms with van der Waals surface area (Å²) in [6.07, 6.45) is 2.09. The number of nitrogens with two attached hydrogens (primary N) is 1. The van der Waals surface area contributed by atoms with Crippen LogP contribution in [0.5, 0.6) is 0 Å². The van der Waals surface area contributed by atoms with Crippen molar-refractivity contribution < 1.29 is 24.3 Å². The monoisotopic (exact) mass is 372 g/mol. The summed E-state index contributed by atoms with van der Waals surface area (Å²) < 4.78 is 0. The van der Waals surface area contributed by atoms with Crippen LogP contribution >= 0.6 is 0 Å². The summed E-state index contributed by atoms with van der Waals surface area (Å²) in [6, 6.07) is 6.76. The molecule has 0 aliphatic heterocycles. The van der Waals surface area contributed by atoms with Gasteiger partial charge in [0.1, 0.15) is 29.8 Å². The first-order valence-corrected chi connectivity index (χ1v) is 8.20. The van der Waals surface area contributed by atoms with Crippen molar-refractivity contribution in [3.63, 3.8) is 0 Å². The number of aromatic amines is 1. The predicted octanol–water partition coefficient (Wildman–Crippen LogP) is -0.0851. The Balaban J connectivity index is 2.01. The fourth-order valence-electron chi connectivity index (χ4n) is 2.47. The largest absolute Gasteiger partial charge is 0.480 e. The molecule has 0 aliphatic carbocycles. The van der Waals surface area contributed by atoms with Gasteiger partial charge in [-0.2, -0.15) is 0 Å². The number of Topliss-reactive ketones (excluding diaryl/α,β-unsaturated/α-hetero) is 1. The number of aliphatic carboxylic acids is 1. The molecule has 3 atom stereocenters. The molecule has 1 unspecified atom stereocenters. The van der Waals surface area contributed by atoms with Crippen molar-refractivity contribution in [2.24, 2.45) is 11.7 Å². The number of ketones is 1. The van der Waals surface area contributed by atoms with Crippen molar-refractivity contribution in [3.8, 4) is 0 Å². The minimum atomic E-state index is -1.67. The standard InChI is InChI=1S/C18H20N4O5/c1-10(16(24)12(9-23)15(19)18(26)27)21-17(25)13-8-20-14(22-13)7-11-5-3-2-4-6-11/h2-6,8-10,12,15H,7,19H2,1H3,(H,20,22)(H,21,25)(H,26,27)/t10-,12+,15?/m0/s1. The first-order valence-electron chi connectivity index (χ1n) is 8.20. The number of carboxylic acids is 1. The second-order valence-electron chi connectivity index (χ2n) is 6.02. The SMILES string of the molecule is C[C@H](NC(=O)c1c[nH]c(Cc2ccccc2)n1)C(=O)[C@H](C=O)C(N)C(=O)O. The van der Waals surface area contributed by atoms with Gasteiger partial charge in [-0.3, -0.25) is 14.4 Å². The van der Waals surface area contributed by atoms with Crippen LogP contribution in [0.1, 0.15) is 28.8 Å². The van der Waals surface area contributed by atoms with Gasteiger partial charge in [-0.25, -0.2) is 4.98 Å². The highest BCUT2D eigenvalue weighted by Crippen LogP contribution is 2.08. The van der Waals surface area contributed by atoms with Crippen LogP contribution in [0.2, 0.25) is 0 Å². The quantitative estimate of drug-likeness (QED) is 0.354. The van der Waals surface area contributed by atoms with E-state index in [2.05, 4.69) is 15.3 Å². The van der Waals surface area contributed by atoms with Crippen molar-refractivity contribution >= 4 is 23.9 Å². The Labute approximate surface area is 155 Å². The van der Waals surface area contributed by atoms with E-state index in [1.54, 1.807) is 0 Å². The molecule has 0 saturated carbocycles. The van der Waals surface area contributed by atoms with E-state index in [4.69, 9.17) is 10.8 Å². The average molecular weight is 372 g/mol. The molecule has 9 nitrogen and oxygen atoms in total. The van der Waals surface area contributed by atoms with Crippen LogP contribution in [0.4, 0.5) is 0 Å². The number of rotatable bonds is 9. The van der Waals surface area contributed by atoms with Gasteiger partial charge < -0.3 is 25.9 Å². The average Bonchev–Trinajstić information content (AvgIpc) is 3.11. The van der Waals surface area contributed by atoms with E-state index in [0.717, 1.165) is 5.56 Å². The number of carbonyl (C=O) groups excluding carboxylic acids is 3. The molecule has 142 valence electrons. The summed E-state index contributed by atoms with van der Waals surface area (Å²) in [5.41, 5.74) is 6.43. The predicted molar refractivity (Wildman–Crippen MR) is 94.9 cm³/mol. The molecule has 9 heteroatoms. The fourth-order valence-corrected chi connectivity index (χ4v) is 2.47. The first kappa shape index (κ1) is 20.0. The lowest BCUT2D eigenvalue weighted by Crippen LogP contribution is -2.50. The van der Waals surface area contributed by atoms with Gasteiger partial charge in [0.2, 0.25) is 0 Å². The zero-order valence-corrected chi connectivity index (χ0v) is 14.6. The van der Waals surface area contributed by atoms with Gasteiger partial charge in [-0.1, -0.05) is 30.3 Å². The van der Waals surface area contributed by atoms with Crippen molar-refractivity contribution in [2.45, 2.75) is 25.4 Å². The Morgan fingerprint density at radius 3 is 2.56 bits per heavy atom. The molecule has 0 bridgehead atoms. The normalized spacial score (nSPS) is 14.0. The number of nitrogens with zero attached hydrogens (tertiary/aromatic N) is 1. The van der Waals surface area contributed by atoms with E-state index in [9.17, 15) is 19.2 Å². The maximum absolute atomic E-state index is 12.3. The first-order chi connectivity index (χ1) is 12.8. The Bertz CT molecular complexity index is 833. The molecule has 1 amide bonds. The summed E-state index contributed by atoms with van der Waals surface area (Å²) in [4.78, 5) is 53.5. The van der Waals surface area contributed by atoms with Crippen LogP contribution in [-0.2, 0) is 20.8 Å². The molecule has 0 spiro atoms. The van der Waals surface area contributed by atoms with Gasteiger partial charge in [0.05, 0.1) is 6.04 Å². The number of aromatic nitrogens is 2. The molecular formula is C18H20N4O5. The summed E-state index contributed by atoms with van der Waals surface area (Å²) in [6.45, 7) is 1.35. The number of benzene rings is 1. The third-order valence-electron chi connectivity index (χ3n) is 4.00. The highest BCUT2D eigenvalue weighted by Gasteiger charge is 2.34. The van der Waals surface area contributed by atoms with E-state index in [1.807, 2.05) is 30.3 Å². The summed E-state index contributed by atoms with van der Waals surface area (Å²) >= 11 is 0. The van der Waals surface area contributed by atoms with E-state index >= 15 is 0 Å². The number of hydrogen-bond donors (Lipinski definition) is 4. The molecule has 0 aliphatic rings.